The number of benzene rings is 1. The van der Waals surface area contributed by atoms with Gasteiger partial charge in [-0.1, -0.05) is 57.0 Å². The smallest absolute Gasteiger partial charge is 0.191 e. The van der Waals surface area contributed by atoms with Crippen LogP contribution in [0.3, 0.4) is 0 Å². The minimum absolute atomic E-state index is 0. The van der Waals surface area contributed by atoms with Crippen LogP contribution in [0.5, 0.6) is 0 Å². The minimum Gasteiger partial charge on any atom is -0.355 e. The van der Waals surface area contributed by atoms with Crippen molar-refractivity contribution in [1.29, 1.82) is 0 Å². The fourth-order valence-corrected chi connectivity index (χ4v) is 3.65. The van der Waals surface area contributed by atoms with Gasteiger partial charge in [-0.15, -0.1) is 34.2 Å². The summed E-state index contributed by atoms with van der Waals surface area (Å²) in [6.45, 7) is 6.77. The highest BCUT2D eigenvalue weighted by atomic mass is 127. The van der Waals surface area contributed by atoms with E-state index in [9.17, 15) is 0 Å². The zero-order valence-corrected chi connectivity index (χ0v) is 19.3. The Labute approximate surface area is 185 Å². The highest BCUT2D eigenvalue weighted by Gasteiger charge is 2.22. The maximum atomic E-state index is 4.84. The molecule has 2 unspecified atom stereocenters. The monoisotopic (exact) mass is 496 g/mol. The van der Waals surface area contributed by atoms with Gasteiger partial charge in [-0.25, -0.2) is 4.99 Å². The van der Waals surface area contributed by atoms with E-state index in [0.29, 0.717) is 18.5 Å². The second-order valence-electron chi connectivity index (χ2n) is 7.38. The van der Waals surface area contributed by atoms with Crippen molar-refractivity contribution in [3.8, 4) is 0 Å². The summed E-state index contributed by atoms with van der Waals surface area (Å²) in [5, 5.41) is 15.4. The van der Waals surface area contributed by atoms with Gasteiger partial charge in [-0.05, 0) is 24.3 Å². The van der Waals surface area contributed by atoms with Crippen LogP contribution < -0.4 is 10.6 Å². The molecule has 1 heterocycles. The van der Waals surface area contributed by atoms with Crippen molar-refractivity contribution >= 4 is 29.9 Å². The first-order valence-electron chi connectivity index (χ1n) is 10.2. The highest BCUT2D eigenvalue weighted by Crippen LogP contribution is 2.23. The number of aliphatic imine (C=N–C) groups is 1. The molecule has 0 saturated heterocycles. The SMILES string of the molecule is CCc1nncn1CCNC(=NCc1ccccc1)NC1CCCCC1C.I. The summed E-state index contributed by atoms with van der Waals surface area (Å²) in [6, 6.07) is 10.9. The molecule has 1 aliphatic rings. The molecular weight excluding hydrogens is 463 g/mol. The van der Waals surface area contributed by atoms with Crippen LogP contribution >= 0.6 is 24.0 Å². The predicted molar refractivity (Wildman–Crippen MR) is 125 cm³/mol. The Hall–Kier alpha value is -1.64. The molecule has 2 atom stereocenters. The molecule has 1 aromatic heterocycles. The standard InChI is InChI=1S/C21H32N6.HI/c1-3-20-26-24-16-27(20)14-13-22-21(23-15-18-10-5-4-6-11-18)25-19-12-8-7-9-17(19)2;/h4-6,10-11,16-17,19H,3,7-9,12-15H2,1-2H3,(H2,22,23,25);1H. The van der Waals surface area contributed by atoms with E-state index in [2.05, 4.69) is 63.5 Å². The molecule has 0 radical (unpaired) electrons. The number of halogens is 1. The van der Waals surface area contributed by atoms with E-state index in [4.69, 9.17) is 4.99 Å². The molecule has 6 nitrogen and oxygen atoms in total. The Morgan fingerprint density at radius 1 is 1.21 bits per heavy atom. The summed E-state index contributed by atoms with van der Waals surface area (Å²) < 4.78 is 2.10. The zero-order valence-electron chi connectivity index (χ0n) is 17.0. The van der Waals surface area contributed by atoms with E-state index in [1.165, 1.54) is 31.2 Å². The Morgan fingerprint density at radius 2 is 2.00 bits per heavy atom. The maximum absolute atomic E-state index is 4.84. The van der Waals surface area contributed by atoms with E-state index >= 15 is 0 Å². The number of guanidine groups is 1. The van der Waals surface area contributed by atoms with E-state index in [-0.39, 0.29) is 24.0 Å². The third-order valence-corrected chi connectivity index (χ3v) is 5.35. The molecule has 1 aliphatic carbocycles. The highest BCUT2D eigenvalue weighted by molar-refractivity contribution is 14.0. The fraction of sp³-hybridized carbons (Fsp3) is 0.571. The minimum atomic E-state index is 0. The van der Waals surface area contributed by atoms with Crippen LogP contribution in [0.2, 0.25) is 0 Å². The van der Waals surface area contributed by atoms with Gasteiger partial charge in [0.25, 0.3) is 0 Å². The average Bonchev–Trinajstić information content (AvgIpc) is 3.16. The normalized spacial score (nSPS) is 19.7. The maximum Gasteiger partial charge on any atom is 0.191 e. The predicted octanol–water partition coefficient (Wildman–Crippen LogP) is 3.77. The van der Waals surface area contributed by atoms with Crippen LogP contribution in [-0.4, -0.2) is 33.3 Å². The Kier molecular flexibility index (Phi) is 9.73. The number of aromatic nitrogens is 3. The van der Waals surface area contributed by atoms with Gasteiger partial charge in [-0.2, -0.15) is 0 Å². The van der Waals surface area contributed by atoms with Crippen molar-refractivity contribution in [2.24, 2.45) is 10.9 Å². The first kappa shape index (κ1) is 22.6. The topological polar surface area (TPSA) is 67.1 Å². The van der Waals surface area contributed by atoms with Gasteiger partial charge in [0.05, 0.1) is 6.54 Å². The molecule has 0 bridgehead atoms. The third kappa shape index (κ3) is 6.76. The zero-order chi connectivity index (χ0) is 18.9. The van der Waals surface area contributed by atoms with Crippen molar-refractivity contribution in [2.75, 3.05) is 6.54 Å². The van der Waals surface area contributed by atoms with Crippen molar-refractivity contribution in [3.63, 3.8) is 0 Å². The van der Waals surface area contributed by atoms with E-state index in [1.54, 1.807) is 6.33 Å². The molecule has 2 aromatic rings. The van der Waals surface area contributed by atoms with Crippen LogP contribution in [0.4, 0.5) is 0 Å². The molecule has 2 N–H and O–H groups in total. The number of hydrogen-bond acceptors (Lipinski definition) is 3. The molecule has 1 fully saturated rings. The molecule has 28 heavy (non-hydrogen) atoms. The Balaban J connectivity index is 0.00000280. The number of hydrogen-bond donors (Lipinski definition) is 2. The third-order valence-electron chi connectivity index (χ3n) is 5.35. The molecular formula is C21H33IN6. The summed E-state index contributed by atoms with van der Waals surface area (Å²) in [4.78, 5) is 4.84. The average molecular weight is 496 g/mol. The first-order valence-corrected chi connectivity index (χ1v) is 10.2. The van der Waals surface area contributed by atoms with Crippen molar-refractivity contribution in [1.82, 2.24) is 25.4 Å². The van der Waals surface area contributed by atoms with Gasteiger partial charge < -0.3 is 15.2 Å². The number of aryl methyl sites for hydroxylation is 1. The van der Waals surface area contributed by atoms with Crippen molar-refractivity contribution < 1.29 is 0 Å². The Morgan fingerprint density at radius 3 is 2.75 bits per heavy atom. The van der Waals surface area contributed by atoms with Crippen LogP contribution in [-0.2, 0) is 19.5 Å². The Bertz CT molecular complexity index is 715. The van der Waals surface area contributed by atoms with Gasteiger partial charge >= 0.3 is 0 Å². The molecule has 0 spiro atoms. The van der Waals surface area contributed by atoms with Crippen LogP contribution in [0.25, 0.3) is 0 Å². The second-order valence-corrected chi connectivity index (χ2v) is 7.38. The van der Waals surface area contributed by atoms with Crippen LogP contribution in [0.1, 0.15) is 50.9 Å². The number of rotatable bonds is 7. The summed E-state index contributed by atoms with van der Waals surface area (Å²) in [6.07, 6.45) is 7.86. The summed E-state index contributed by atoms with van der Waals surface area (Å²) in [5.74, 6) is 2.61. The number of nitrogens with one attached hydrogen (secondary N) is 2. The number of nitrogens with zero attached hydrogens (tertiary/aromatic N) is 4. The lowest BCUT2D eigenvalue weighted by molar-refractivity contribution is 0.306. The molecule has 154 valence electrons. The lowest BCUT2D eigenvalue weighted by Crippen LogP contribution is -2.47. The molecule has 0 aliphatic heterocycles. The second kappa shape index (κ2) is 12.0. The van der Waals surface area contributed by atoms with Gasteiger partial charge in [-0.3, -0.25) is 0 Å². The molecule has 7 heteroatoms. The quantitative estimate of drug-likeness (QED) is 0.348. The molecule has 3 rings (SSSR count). The lowest BCUT2D eigenvalue weighted by Gasteiger charge is -2.31. The van der Waals surface area contributed by atoms with Gasteiger partial charge in [0.2, 0.25) is 0 Å². The van der Waals surface area contributed by atoms with Crippen molar-refractivity contribution in [3.05, 3.63) is 48.0 Å². The van der Waals surface area contributed by atoms with Gasteiger partial charge in [0, 0.05) is 25.6 Å². The van der Waals surface area contributed by atoms with Crippen LogP contribution in [0, 0.1) is 5.92 Å². The molecule has 1 saturated carbocycles. The summed E-state index contributed by atoms with van der Waals surface area (Å²) in [5.41, 5.74) is 1.22. The van der Waals surface area contributed by atoms with Crippen molar-refractivity contribution in [2.45, 2.75) is 65.1 Å². The van der Waals surface area contributed by atoms with Crippen LogP contribution in [0.15, 0.2) is 41.7 Å². The lowest BCUT2D eigenvalue weighted by atomic mass is 9.86. The van der Waals surface area contributed by atoms with Gasteiger partial charge in [0.15, 0.2) is 5.96 Å². The van der Waals surface area contributed by atoms with E-state index in [1.807, 2.05) is 6.07 Å². The summed E-state index contributed by atoms with van der Waals surface area (Å²) in [7, 11) is 0. The van der Waals surface area contributed by atoms with Gasteiger partial charge in [0.1, 0.15) is 12.2 Å². The molecule has 1 aromatic carbocycles. The first-order chi connectivity index (χ1) is 13.3. The largest absolute Gasteiger partial charge is 0.355 e. The summed E-state index contributed by atoms with van der Waals surface area (Å²) >= 11 is 0. The fourth-order valence-electron chi connectivity index (χ4n) is 3.65. The van der Waals surface area contributed by atoms with E-state index < -0.39 is 0 Å². The molecule has 0 amide bonds. The van der Waals surface area contributed by atoms with E-state index in [0.717, 1.165) is 31.3 Å².